The molecule has 5 nitrogen and oxygen atoms in total. The molecule has 0 aliphatic carbocycles. The Kier molecular flexibility index (Phi) is 3.13. The monoisotopic (exact) mass is 243 g/mol. The SMILES string of the molecule is NS(=O)(=O)OCCc1ccc2c(c1)CCO2. The summed E-state index contributed by atoms with van der Waals surface area (Å²) in [5.74, 6) is 0.913. The van der Waals surface area contributed by atoms with Gasteiger partial charge in [0.25, 0.3) is 0 Å². The standard InChI is InChI=1S/C10H13NO4S/c11-16(12,13)15-6-3-8-1-2-10-9(7-8)4-5-14-10/h1-2,7H,3-6H2,(H2,11,12,13). The van der Waals surface area contributed by atoms with Gasteiger partial charge in [-0.2, -0.15) is 8.42 Å². The second kappa shape index (κ2) is 4.40. The van der Waals surface area contributed by atoms with E-state index in [1.807, 2.05) is 18.2 Å². The first-order valence-electron chi connectivity index (χ1n) is 4.96. The summed E-state index contributed by atoms with van der Waals surface area (Å²) in [7, 11) is -3.83. The van der Waals surface area contributed by atoms with Crippen molar-refractivity contribution in [3.05, 3.63) is 29.3 Å². The van der Waals surface area contributed by atoms with E-state index in [-0.39, 0.29) is 6.61 Å². The van der Waals surface area contributed by atoms with Crippen LogP contribution in [-0.4, -0.2) is 21.6 Å². The Bertz CT molecular complexity index is 484. The lowest BCUT2D eigenvalue weighted by molar-refractivity contribution is 0.322. The molecule has 1 heterocycles. The van der Waals surface area contributed by atoms with Gasteiger partial charge in [0.15, 0.2) is 0 Å². The van der Waals surface area contributed by atoms with Crippen molar-refractivity contribution in [2.24, 2.45) is 5.14 Å². The number of fused-ring (bicyclic) bond motifs is 1. The first kappa shape index (κ1) is 11.4. The van der Waals surface area contributed by atoms with E-state index in [1.165, 1.54) is 0 Å². The van der Waals surface area contributed by atoms with E-state index < -0.39 is 10.3 Å². The summed E-state index contributed by atoms with van der Waals surface area (Å²) in [4.78, 5) is 0. The Hall–Kier alpha value is -1.11. The van der Waals surface area contributed by atoms with Crippen molar-refractivity contribution in [3.63, 3.8) is 0 Å². The molecule has 0 spiro atoms. The van der Waals surface area contributed by atoms with Gasteiger partial charge in [-0.25, -0.2) is 5.14 Å². The first-order chi connectivity index (χ1) is 7.54. The van der Waals surface area contributed by atoms with Crippen LogP contribution in [0.25, 0.3) is 0 Å². The largest absolute Gasteiger partial charge is 0.493 e. The number of benzene rings is 1. The Balaban J connectivity index is 1.95. The van der Waals surface area contributed by atoms with E-state index in [0.717, 1.165) is 23.3 Å². The summed E-state index contributed by atoms with van der Waals surface area (Å²) in [6, 6.07) is 5.81. The van der Waals surface area contributed by atoms with Gasteiger partial charge in [-0.05, 0) is 23.6 Å². The number of hydrogen-bond donors (Lipinski definition) is 1. The van der Waals surface area contributed by atoms with Crippen LogP contribution in [0.4, 0.5) is 0 Å². The average molecular weight is 243 g/mol. The lowest BCUT2D eigenvalue weighted by Crippen LogP contribution is -2.17. The van der Waals surface area contributed by atoms with Crippen molar-refractivity contribution in [2.45, 2.75) is 12.8 Å². The van der Waals surface area contributed by atoms with Crippen LogP contribution < -0.4 is 9.88 Å². The summed E-state index contributed by atoms with van der Waals surface area (Å²) < 4.78 is 30.9. The molecule has 0 aromatic heterocycles. The molecule has 0 atom stereocenters. The number of rotatable bonds is 4. The van der Waals surface area contributed by atoms with Crippen molar-refractivity contribution in [1.82, 2.24) is 0 Å². The molecule has 1 aromatic rings. The van der Waals surface area contributed by atoms with E-state index in [2.05, 4.69) is 4.18 Å². The minimum atomic E-state index is -3.83. The summed E-state index contributed by atoms with van der Waals surface area (Å²) in [6.07, 6.45) is 1.42. The second-order valence-electron chi connectivity index (χ2n) is 3.61. The molecule has 0 amide bonds. The molecule has 0 radical (unpaired) electrons. The van der Waals surface area contributed by atoms with Crippen LogP contribution in [0.2, 0.25) is 0 Å². The highest BCUT2D eigenvalue weighted by molar-refractivity contribution is 7.84. The van der Waals surface area contributed by atoms with Crippen molar-refractivity contribution >= 4 is 10.3 Å². The summed E-state index contributed by atoms with van der Waals surface area (Å²) in [6.45, 7) is 0.783. The van der Waals surface area contributed by atoms with Crippen LogP contribution in [0.1, 0.15) is 11.1 Å². The molecule has 1 aliphatic rings. The fraction of sp³-hybridized carbons (Fsp3) is 0.400. The molecular weight excluding hydrogens is 230 g/mol. The van der Waals surface area contributed by atoms with E-state index >= 15 is 0 Å². The van der Waals surface area contributed by atoms with E-state index in [4.69, 9.17) is 9.88 Å². The molecule has 2 N–H and O–H groups in total. The van der Waals surface area contributed by atoms with Crippen LogP contribution in [0.5, 0.6) is 5.75 Å². The van der Waals surface area contributed by atoms with Gasteiger partial charge in [-0.3, -0.25) is 4.18 Å². The third kappa shape index (κ3) is 2.94. The predicted octanol–water partition coefficient (Wildman–Crippen LogP) is 0.384. The van der Waals surface area contributed by atoms with Crippen LogP contribution in [0.3, 0.4) is 0 Å². The lowest BCUT2D eigenvalue weighted by atomic mass is 10.1. The zero-order valence-corrected chi connectivity index (χ0v) is 9.50. The average Bonchev–Trinajstić information content (AvgIpc) is 2.62. The molecule has 0 bridgehead atoms. The fourth-order valence-corrected chi connectivity index (χ4v) is 1.99. The third-order valence-electron chi connectivity index (χ3n) is 2.39. The molecule has 1 aromatic carbocycles. The summed E-state index contributed by atoms with van der Waals surface area (Å²) in [5.41, 5.74) is 2.18. The Labute approximate surface area is 94.4 Å². The van der Waals surface area contributed by atoms with E-state index in [9.17, 15) is 8.42 Å². The van der Waals surface area contributed by atoms with Gasteiger partial charge in [0.1, 0.15) is 5.75 Å². The molecule has 6 heteroatoms. The van der Waals surface area contributed by atoms with Gasteiger partial charge in [0, 0.05) is 6.42 Å². The second-order valence-corrected chi connectivity index (χ2v) is 4.83. The molecule has 0 saturated heterocycles. The van der Waals surface area contributed by atoms with Crippen LogP contribution in [0, 0.1) is 0 Å². The van der Waals surface area contributed by atoms with Gasteiger partial charge in [-0.1, -0.05) is 12.1 Å². The van der Waals surface area contributed by atoms with Gasteiger partial charge >= 0.3 is 10.3 Å². The predicted molar refractivity (Wildman–Crippen MR) is 58.4 cm³/mol. The van der Waals surface area contributed by atoms with Crippen LogP contribution >= 0.6 is 0 Å². The van der Waals surface area contributed by atoms with E-state index in [0.29, 0.717) is 13.0 Å². The van der Waals surface area contributed by atoms with Gasteiger partial charge in [0.2, 0.25) is 0 Å². The van der Waals surface area contributed by atoms with Gasteiger partial charge in [-0.15, -0.1) is 0 Å². The smallest absolute Gasteiger partial charge is 0.333 e. The van der Waals surface area contributed by atoms with Crippen molar-refractivity contribution in [3.8, 4) is 5.75 Å². The van der Waals surface area contributed by atoms with Crippen molar-refractivity contribution in [2.75, 3.05) is 13.2 Å². The molecule has 0 saturated carbocycles. The topological polar surface area (TPSA) is 78.6 Å². The molecule has 0 unspecified atom stereocenters. The fourth-order valence-electron chi connectivity index (χ4n) is 1.67. The Morgan fingerprint density at radius 1 is 1.44 bits per heavy atom. The van der Waals surface area contributed by atoms with Crippen LogP contribution in [-0.2, 0) is 27.3 Å². The zero-order valence-electron chi connectivity index (χ0n) is 8.68. The van der Waals surface area contributed by atoms with Gasteiger partial charge in [0.05, 0.1) is 13.2 Å². The Morgan fingerprint density at radius 3 is 3.00 bits per heavy atom. The highest BCUT2D eigenvalue weighted by Crippen LogP contribution is 2.25. The highest BCUT2D eigenvalue weighted by atomic mass is 32.2. The molecule has 0 fully saturated rings. The number of ether oxygens (including phenoxy) is 1. The molecule has 2 rings (SSSR count). The first-order valence-corrected chi connectivity index (χ1v) is 6.43. The maximum Gasteiger partial charge on any atom is 0.333 e. The van der Waals surface area contributed by atoms with Gasteiger partial charge < -0.3 is 4.74 Å². The number of nitrogens with two attached hydrogens (primary N) is 1. The minimum absolute atomic E-state index is 0.0679. The molecule has 16 heavy (non-hydrogen) atoms. The lowest BCUT2D eigenvalue weighted by Gasteiger charge is -2.04. The third-order valence-corrected chi connectivity index (χ3v) is 2.89. The molecule has 88 valence electrons. The molecular formula is C10H13NO4S. The maximum absolute atomic E-state index is 10.5. The highest BCUT2D eigenvalue weighted by Gasteiger charge is 2.12. The summed E-state index contributed by atoms with van der Waals surface area (Å²) >= 11 is 0. The summed E-state index contributed by atoms with van der Waals surface area (Å²) in [5, 5.41) is 4.72. The quantitative estimate of drug-likeness (QED) is 0.829. The van der Waals surface area contributed by atoms with E-state index in [1.54, 1.807) is 0 Å². The maximum atomic E-state index is 10.5. The van der Waals surface area contributed by atoms with Crippen LogP contribution in [0.15, 0.2) is 18.2 Å². The van der Waals surface area contributed by atoms with Crippen molar-refractivity contribution in [1.29, 1.82) is 0 Å². The molecule has 1 aliphatic heterocycles. The minimum Gasteiger partial charge on any atom is -0.493 e. The normalized spacial score (nSPS) is 14.6. The zero-order chi connectivity index (χ0) is 11.6. The number of hydrogen-bond acceptors (Lipinski definition) is 4. The van der Waals surface area contributed by atoms with Crippen molar-refractivity contribution < 1.29 is 17.3 Å². The Morgan fingerprint density at radius 2 is 2.25 bits per heavy atom.